The second-order valence-electron chi connectivity index (χ2n) is 0.454. The highest BCUT2D eigenvalue weighted by atomic mass is 32.4. The molecule has 3 radical (unpaired) electrons. The van der Waals surface area contributed by atoms with Gasteiger partial charge in [0.05, 0.1) is 9.57 Å². The van der Waals surface area contributed by atoms with Crippen molar-refractivity contribution in [3.63, 3.8) is 0 Å². The normalized spacial score (nSPS) is 11.6. The molecule has 0 spiro atoms. The summed E-state index contributed by atoms with van der Waals surface area (Å²) in [4.78, 5) is 0. The Hall–Kier alpha value is 0.127. The molecule has 29 valence electrons. The van der Waals surface area contributed by atoms with Gasteiger partial charge in [-0.15, -0.1) is 0 Å². The van der Waals surface area contributed by atoms with Gasteiger partial charge in [-0.1, -0.05) is 0 Å². The minimum absolute atomic E-state index is 1.84. The molecule has 0 N–H and O–H groups in total. The molecule has 5 heavy (non-hydrogen) atoms. The smallest absolute Gasteiger partial charge is 0.194 e. The SMILES string of the molecule is O=S(=O)([O-])[Si]. The molecule has 0 atom stereocenters. The van der Waals surface area contributed by atoms with E-state index >= 15 is 0 Å². The van der Waals surface area contributed by atoms with E-state index in [0.717, 1.165) is 0 Å². The van der Waals surface area contributed by atoms with Crippen LogP contribution in [0.25, 0.3) is 0 Å². The largest absolute Gasteiger partial charge is 0.754 e. The van der Waals surface area contributed by atoms with Crippen molar-refractivity contribution in [2.45, 2.75) is 0 Å². The zero-order chi connectivity index (χ0) is 4.50. The minimum Gasteiger partial charge on any atom is -0.754 e. The van der Waals surface area contributed by atoms with Crippen LogP contribution in [0.5, 0.6) is 0 Å². The van der Waals surface area contributed by atoms with E-state index in [9.17, 15) is 0 Å². The van der Waals surface area contributed by atoms with E-state index in [4.69, 9.17) is 13.0 Å². The molecule has 0 unspecified atom stereocenters. The van der Waals surface area contributed by atoms with Crippen LogP contribution in [0.1, 0.15) is 0 Å². The van der Waals surface area contributed by atoms with Crippen LogP contribution in [0.2, 0.25) is 0 Å². The summed E-state index contributed by atoms with van der Waals surface area (Å²) in [5.74, 6) is 0. The third kappa shape index (κ3) is 1160. The van der Waals surface area contributed by atoms with Gasteiger partial charge < -0.3 is 4.55 Å². The summed E-state index contributed by atoms with van der Waals surface area (Å²) in [5.41, 5.74) is 0. The molecule has 0 saturated carbocycles. The van der Waals surface area contributed by atoms with Gasteiger partial charge in [-0.05, 0) is 0 Å². The van der Waals surface area contributed by atoms with Crippen LogP contribution >= 0.6 is 0 Å². The second kappa shape index (κ2) is 1.07. The van der Waals surface area contributed by atoms with E-state index in [1.807, 2.05) is 9.39 Å². The first-order valence-corrected chi connectivity index (χ1v) is 3.34. The lowest BCUT2D eigenvalue weighted by Crippen LogP contribution is -1.92. The number of rotatable bonds is 0. The molecule has 0 aromatic heterocycles. The van der Waals surface area contributed by atoms with Crippen LogP contribution in [0, 0.1) is 0 Å². The first-order valence-electron chi connectivity index (χ1n) is 0.704. The van der Waals surface area contributed by atoms with Gasteiger partial charge >= 0.3 is 0 Å². The summed E-state index contributed by atoms with van der Waals surface area (Å²) in [5, 5.41) is 0. The van der Waals surface area contributed by atoms with E-state index in [0.29, 0.717) is 0 Å². The van der Waals surface area contributed by atoms with Gasteiger partial charge in [-0.3, -0.25) is 8.42 Å². The molecule has 0 bridgehead atoms. The molecular formula is O3SSi-. The lowest BCUT2D eigenvalue weighted by molar-refractivity contribution is 0.481. The predicted octanol–water partition coefficient (Wildman–Crippen LogP) is -1.38. The molecule has 0 saturated heterocycles. The Morgan fingerprint density at radius 1 is 1.60 bits per heavy atom. The fourth-order valence-electron chi connectivity index (χ4n) is 0. The van der Waals surface area contributed by atoms with Gasteiger partial charge in [0, 0.05) is 0 Å². The molecule has 0 amide bonds. The Bertz CT molecular complexity index is 90.1. The van der Waals surface area contributed by atoms with Crippen LogP contribution in [-0.2, 0) is 9.57 Å². The highest BCUT2D eigenvalue weighted by Crippen LogP contribution is 1.57. The third-order valence-electron chi connectivity index (χ3n) is 0. The maximum absolute atomic E-state index is 8.99. The van der Waals surface area contributed by atoms with Crippen molar-refractivity contribution in [2.24, 2.45) is 0 Å². The highest BCUT2D eigenvalue weighted by Gasteiger charge is 1.67. The van der Waals surface area contributed by atoms with E-state index in [2.05, 4.69) is 0 Å². The van der Waals surface area contributed by atoms with Crippen molar-refractivity contribution in [2.75, 3.05) is 0 Å². The number of hydrogen-bond acceptors (Lipinski definition) is 3. The van der Waals surface area contributed by atoms with Crippen LogP contribution in [0.15, 0.2) is 0 Å². The Morgan fingerprint density at radius 2 is 1.60 bits per heavy atom. The summed E-state index contributed by atoms with van der Waals surface area (Å²) >= 11 is 0. The lowest BCUT2D eigenvalue weighted by atomic mass is 15.9. The highest BCUT2D eigenvalue weighted by molar-refractivity contribution is 8.07. The zero-order valence-corrected chi connectivity index (χ0v) is 3.95. The molecule has 0 aromatic carbocycles. The molecule has 5 heteroatoms. The van der Waals surface area contributed by atoms with Gasteiger partial charge in [0.1, 0.15) is 0 Å². The van der Waals surface area contributed by atoms with E-state index < -0.39 is 9.57 Å². The monoisotopic (exact) mass is 108 g/mol. The van der Waals surface area contributed by atoms with Crippen molar-refractivity contribution < 1.29 is 13.0 Å². The average Bonchev–Trinajstić information content (AvgIpc) is 0.722. The molecule has 0 rings (SSSR count). The van der Waals surface area contributed by atoms with E-state index in [-0.39, 0.29) is 0 Å². The molecule has 0 heterocycles. The van der Waals surface area contributed by atoms with Crippen molar-refractivity contribution in [1.29, 1.82) is 0 Å². The van der Waals surface area contributed by atoms with Crippen LogP contribution < -0.4 is 0 Å². The molecule has 0 aliphatic rings. The molecule has 0 aliphatic carbocycles. The van der Waals surface area contributed by atoms with Crippen LogP contribution in [0.4, 0.5) is 0 Å². The van der Waals surface area contributed by atoms with Gasteiger partial charge in [-0.25, -0.2) is 0 Å². The Morgan fingerprint density at radius 3 is 1.60 bits per heavy atom. The summed E-state index contributed by atoms with van der Waals surface area (Å²) in [6.07, 6.45) is 0. The molecule has 0 fully saturated rings. The summed E-state index contributed by atoms with van der Waals surface area (Å²) in [6.45, 7) is 0. The van der Waals surface area contributed by atoms with Crippen molar-refractivity contribution in [3.8, 4) is 0 Å². The molecule has 0 aliphatic heterocycles. The molecule has 0 aromatic rings. The second-order valence-corrected chi connectivity index (χ2v) is 2.86. The predicted molar refractivity (Wildman–Crippen MR) is 15.5 cm³/mol. The molecular weight excluding hydrogens is 108 g/mol. The zero-order valence-electron chi connectivity index (χ0n) is 2.13. The minimum atomic E-state index is -4.11. The van der Waals surface area contributed by atoms with E-state index in [1.165, 1.54) is 0 Å². The van der Waals surface area contributed by atoms with Crippen LogP contribution in [-0.4, -0.2) is 22.4 Å². The lowest BCUT2D eigenvalue weighted by Gasteiger charge is -1.90. The van der Waals surface area contributed by atoms with Crippen molar-refractivity contribution in [1.82, 2.24) is 0 Å². The van der Waals surface area contributed by atoms with Gasteiger partial charge in [0.2, 0.25) is 0 Å². The Kier molecular flexibility index (Phi) is 1.10. The molecule has 3 nitrogen and oxygen atoms in total. The summed E-state index contributed by atoms with van der Waals surface area (Å²) in [6, 6.07) is 0. The van der Waals surface area contributed by atoms with Gasteiger partial charge in [-0.2, -0.15) is 0 Å². The first kappa shape index (κ1) is 5.13. The standard InChI is InChI=1S/HO3SSi/c1-4(2,3)5/h(H,1,2,3)/p-1. The first-order chi connectivity index (χ1) is 2.00. The van der Waals surface area contributed by atoms with Crippen LogP contribution in [0.3, 0.4) is 0 Å². The Balaban J connectivity index is 4.06. The number of hydrogen-bond donors (Lipinski definition) is 0. The maximum atomic E-state index is 8.99. The fourth-order valence-corrected chi connectivity index (χ4v) is 0. The fraction of sp³-hybridized carbons (Fsp3) is 0. The van der Waals surface area contributed by atoms with Crippen molar-refractivity contribution in [3.05, 3.63) is 0 Å². The van der Waals surface area contributed by atoms with Gasteiger partial charge in [0.25, 0.3) is 0 Å². The Labute approximate surface area is 32.8 Å². The topological polar surface area (TPSA) is 57.2 Å². The third-order valence-corrected chi connectivity index (χ3v) is 0. The summed E-state index contributed by atoms with van der Waals surface area (Å²) < 4.78 is 27.0. The van der Waals surface area contributed by atoms with Gasteiger partial charge in [0.15, 0.2) is 9.39 Å². The quantitative estimate of drug-likeness (QED) is 0.284. The van der Waals surface area contributed by atoms with Crippen molar-refractivity contribution >= 4 is 19.0 Å². The van der Waals surface area contributed by atoms with E-state index in [1.54, 1.807) is 0 Å². The average molecular weight is 108 g/mol. The summed E-state index contributed by atoms with van der Waals surface area (Å²) in [7, 11) is -2.28. The maximum Gasteiger partial charge on any atom is 0.194 e.